The second-order valence-electron chi connectivity index (χ2n) is 4.78. The highest BCUT2D eigenvalue weighted by Gasteiger charge is 2.30. The zero-order valence-electron chi connectivity index (χ0n) is 10.9. The highest BCUT2D eigenvalue weighted by Crippen LogP contribution is 2.39. The van der Waals surface area contributed by atoms with E-state index in [2.05, 4.69) is 0 Å². The van der Waals surface area contributed by atoms with E-state index in [4.69, 9.17) is 5.73 Å². The third kappa shape index (κ3) is 2.99. The summed E-state index contributed by atoms with van der Waals surface area (Å²) < 4.78 is 37.5. The summed E-state index contributed by atoms with van der Waals surface area (Å²) in [6.45, 7) is 0. The molecule has 0 bridgehead atoms. The number of alkyl halides is 3. The molecule has 0 heterocycles. The van der Waals surface area contributed by atoms with Crippen molar-refractivity contribution >= 4 is 23.9 Å². The predicted molar refractivity (Wildman–Crippen MR) is 79.8 cm³/mol. The van der Waals surface area contributed by atoms with Gasteiger partial charge in [0.15, 0.2) is 0 Å². The highest BCUT2D eigenvalue weighted by atomic mass is 32.2. The van der Waals surface area contributed by atoms with Crippen LogP contribution in [0, 0.1) is 0 Å². The van der Waals surface area contributed by atoms with Crippen LogP contribution in [-0.2, 0) is 0 Å². The number of thioether (sulfide) groups is 1. The van der Waals surface area contributed by atoms with E-state index < -0.39 is 11.6 Å². The van der Waals surface area contributed by atoms with Gasteiger partial charge in [0.2, 0.25) is 0 Å². The third-order valence-corrected chi connectivity index (χ3v) is 4.12. The Morgan fingerprint density at radius 2 is 1.57 bits per heavy atom. The smallest absolute Gasteiger partial charge is 0.320 e. The van der Waals surface area contributed by atoms with Crippen molar-refractivity contribution in [1.82, 2.24) is 0 Å². The molecule has 21 heavy (non-hydrogen) atoms. The quantitative estimate of drug-likeness (QED) is 0.764. The maximum Gasteiger partial charge on any atom is 0.446 e. The van der Waals surface area contributed by atoms with Gasteiger partial charge >= 0.3 is 5.51 Å². The van der Waals surface area contributed by atoms with E-state index in [1.165, 1.54) is 12.1 Å². The summed E-state index contributed by atoms with van der Waals surface area (Å²) in [5.41, 5.74) is 5.44. The van der Waals surface area contributed by atoms with Crippen molar-refractivity contribution < 1.29 is 13.2 Å². The fourth-order valence-electron chi connectivity index (χ4n) is 2.46. The molecule has 1 aliphatic carbocycles. The van der Waals surface area contributed by atoms with E-state index in [1.807, 2.05) is 36.4 Å². The lowest BCUT2D eigenvalue weighted by atomic mass is 9.95. The van der Waals surface area contributed by atoms with Crippen LogP contribution in [0.15, 0.2) is 47.4 Å². The van der Waals surface area contributed by atoms with Crippen LogP contribution in [0.3, 0.4) is 0 Å². The zero-order valence-corrected chi connectivity index (χ0v) is 11.7. The van der Waals surface area contributed by atoms with Crippen LogP contribution in [0.1, 0.15) is 28.3 Å². The van der Waals surface area contributed by atoms with E-state index in [9.17, 15) is 13.2 Å². The Bertz CT molecular complexity index is 707. The van der Waals surface area contributed by atoms with Gasteiger partial charge in [-0.3, -0.25) is 0 Å². The van der Waals surface area contributed by atoms with Gasteiger partial charge in [0, 0.05) is 4.90 Å². The Balaban J connectivity index is 2.06. The summed E-state index contributed by atoms with van der Waals surface area (Å²) in [6, 6.07) is 11.9. The normalized spacial score (nSPS) is 17.0. The molecule has 5 heteroatoms. The maximum atomic E-state index is 12.5. The molecule has 0 radical (unpaired) electrons. The van der Waals surface area contributed by atoms with Crippen molar-refractivity contribution in [3.8, 4) is 0 Å². The van der Waals surface area contributed by atoms with Gasteiger partial charge in [-0.2, -0.15) is 13.2 Å². The molecule has 0 aromatic heterocycles. The number of benzene rings is 2. The standard InChI is InChI=1S/C16H12F3NS/c17-16(18,19)21-12-8-7-11-6-5-10-3-1-2-4-13(10)15(20)14(11)9-12/h1-9,15H,20H2. The molecule has 1 nitrogen and oxygen atoms in total. The first kappa shape index (κ1) is 14.2. The Morgan fingerprint density at radius 3 is 2.29 bits per heavy atom. The number of hydrogen-bond acceptors (Lipinski definition) is 2. The molecule has 0 saturated carbocycles. The van der Waals surface area contributed by atoms with Gasteiger partial charge in [-0.15, -0.1) is 0 Å². The van der Waals surface area contributed by atoms with Crippen molar-refractivity contribution in [1.29, 1.82) is 0 Å². The van der Waals surface area contributed by atoms with Crippen LogP contribution in [0.4, 0.5) is 13.2 Å². The van der Waals surface area contributed by atoms with Crippen LogP contribution in [0.5, 0.6) is 0 Å². The minimum Gasteiger partial charge on any atom is -0.320 e. The Morgan fingerprint density at radius 1 is 0.905 bits per heavy atom. The van der Waals surface area contributed by atoms with E-state index in [0.29, 0.717) is 5.56 Å². The highest BCUT2D eigenvalue weighted by molar-refractivity contribution is 8.00. The van der Waals surface area contributed by atoms with Crippen molar-refractivity contribution in [3.63, 3.8) is 0 Å². The molecule has 1 atom stereocenters. The molecule has 0 saturated heterocycles. The first-order valence-electron chi connectivity index (χ1n) is 6.36. The van der Waals surface area contributed by atoms with Crippen LogP contribution >= 0.6 is 11.8 Å². The minimum atomic E-state index is -4.29. The molecule has 0 spiro atoms. The number of fused-ring (bicyclic) bond motifs is 2. The summed E-state index contributed by atoms with van der Waals surface area (Å²) in [4.78, 5) is 0.157. The molecule has 3 rings (SSSR count). The lowest BCUT2D eigenvalue weighted by Gasteiger charge is -2.17. The van der Waals surface area contributed by atoms with Gasteiger partial charge in [0.05, 0.1) is 6.04 Å². The SMILES string of the molecule is NC1c2ccccc2C=Cc2ccc(SC(F)(F)F)cc21. The Hall–Kier alpha value is -1.72. The Labute approximate surface area is 124 Å². The van der Waals surface area contributed by atoms with Crippen molar-refractivity contribution in [2.24, 2.45) is 5.73 Å². The molecule has 0 amide bonds. The monoisotopic (exact) mass is 307 g/mol. The molecular weight excluding hydrogens is 295 g/mol. The summed E-state index contributed by atoms with van der Waals surface area (Å²) in [5.74, 6) is 0. The number of hydrogen-bond donors (Lipinski definition) is 1. The average molecular weight is 307 g/mol. The first-order valence-corrected chi connectivity index (χ1v) is 7.18. The van der Waals surface area contributed by atoms with Gasteiger partial charge in [-0.05, 0) is 46.1 Å². The summed E-state index contributed by atoms with van der Waals surface area (Å²) in [5, 5.41) is 0. The number of nitrogens with two attached hydrogens (primary N) is 1. The first-order chi connectivity index (χ1) is 9.94. The van der Waals surface area contributed by atoms with Crippen LogP contribution in [0.25, 0.3) is 12.2 Å². The maximum absolute atomic E-state index is 12.5. The van der Waals surface area contributed by atoms with Crippen molar-refractivity contribution in [2.45, 2.75) is 16.4 Å². The molecule has 2 N–H and O–H groups in total. The summed E-state index contributed by atoms with van der Waals surface area (Å²) >= 11 is -0.116. The van der Waals surface area contributed by atoms with E-state index in [1.54, 1.807) is 6.07 Å². The van der Waals surface area contributed by atoms with Gasteiger partial charge in [-0.1, -0.05) is 42.5 Å². The molecule has 1 aliphatic rings. The molecule has 2 aromatic rings. The fraction of sp³-hybridized carbons (Fsp3) is 0.125. The molecular formula is C16H12F3NS. The Kier molecular flexibility index (Phi) is 3.55. The van der Waals surface area contributed by atoms with E-state index in [0.717, 1.165) is 16.7 Å². The summed E-state index contributed by atoms with van der Waals surface area (Å²) in [7, 11) is 0. The van der Waals surface area contributed by atoms with Crippen LogP contribution < -0.4 is 5.73 Å². The fourth-order valence-corrected chi connectivity index (χ4v) is 3.05. The lowest BCUT2D eigenvalue weighted by Crippen LogP contribution is -2.13. The van der Waals surface area contributed by atoms with Gasteiger partial charge < -0.3 is 5.73 Å². The lowest BCUT2D eigenvalue weighted by molar-refractivity contribution is -0.0328. The molecule has 0 fully saturated rings. The van der Waals surface area contributed by atoms with E-state index in [-0.39, 0.29) is 16.7 Å². The van der Waals surface area contributed by atoms with Gasteiger partial charge in [-0.25, -0.2) is 0 Å². The van der Waals surface area contributed by atoms with Crippen molar-refractivity contribution in [3.05, 3.63) is 64.7 Å². The van der Waals surface area contributed by atoms with Crippen molar-refractivity contribution in [2.75, 3.05) is 0 Å². The topological polar surface area (TPSA) is 26.0 Å². The second-order valence-corrected chi connectivity index (χ2v) is 5.92. The zero-order chi connectivity index (χ0) is 15.0. The molecule has 0 aliphatic heterocycles. The second kappa shape index (κ2) is 5.24. The number of rotatable bonds is 1. The molecule has 2 aromatic carbocycles. The predicted octanol–water partition coefficient (Wildman–Crippen LogP) is 4.83. The van der Waals surface area contributed by atoms with Gasteiger partial charge in [0.25, 0.3) is 0 Å². The molecule has 108 valence electrons. The largest absolute Gasteiger partial charge is 0.446 e. The van der Waals surface area contributed by atoms with Crippen LogP contribution in [-0.4, -0.2) is 5.51 Å². The van der Waals surface area contributed by atoms with Crippen LogP contribution in [0.2, 0.25) is 0 Å². The third-order valence-electron chi connectivity index (χ3n) is 3.40. The molecule has 1 unspecified atom stereocenters. The minimum absolute atomic E-state index is 0.116. The average Bonchev–Trinajstić information content (AvgIpc) is 2.56. The number of halogens is 3. The van der Waals surface area contributed by atoms with Gasteiger partial charge in [0.1, 0.15) is 0 Å². The summed E-state index contributed by atoms with van der Waals surface area (Å²) in [6.07, 6.45) is 3.83. The van der Waals surface area contributed by atoms with E-state index >= 15 is 0 Å².